The molecule has 3 N–H and O–H groups in total. The lowest BCUT2D eigenvalue weighted by molar-refractivity contribution is -0.133. The van der Waals surface area contributed by atoms with E-state index in [0.29, 0.717) is 37.4 Å². The minimum Gasteiger partial charge on any atom is -0.447 e. The number of amides is 2. The van der Waals surface area contributed by atoms with Gasteiger partial charge in [-0.15, -0.1) is 0 Å². The summed E-state index contributed by atoms with van der Waals surface area (Å²) in [7, 11) is 0. The number of aryl methyl sites for hydroxylation is 1. The number of ether oxygens (including phenoxy) is 1. The highest BCUT2D eigenvalue weighted by Gasteiger charge is 2.40. The van der Waals surface area contributed by atoms with Crippen LogP contribution in [0.15, 0.2) is 73.0 Å². The van der Waals surface area contributed by atoms with Gasteiger partial charge in [0.15, 0.2) is 0 Å². The van der Waals surface area contributed by atoms with Crippen molar-refractivity contribution in [1.82, 2.24) is 36.2 Å². The van der Waals surface area contributed by atoms with E-state index in [1.807, 2.05) is 43.3 Å². The van der Waals surface area contributed by atoms with E-state index in [2.05, 4.69) is 37.4 Å². The van der Waals surface area contributed by atoms with Gasteiger partial charge in [0, 0.05) is 18.7 Å². The van der Waals surface area contributed by atoms with Crippen LogP contribution in [-0.2, 0) is 22.4 Å². The fourth-order valence-electron chi connectivity index (χ4n) is 5.05. The number of rotatable bonds is 11. The van der Waals surface area contributed by atoms with Crippen molar-refractivity contribution in [1.29, 1.82) is 0 Å². The zero-order chi connectivity index (χ0) is 27.9. The molecule has 2 aliphatic heterocycles. The van der Waals surface area contributed by atoms with Crippen LogP contribution in [0.4, 0.5) is 4.79 Å². The number of carbonyl (C=O) groups is 2. The fraction of sp³-hybridized carbons (Fsp3) is 0.345. The normalized spacial score (nSPS) is 19.1. The third-order valence-electron chi connectivity index (χ3n) is 7.18. The summed E-state index contributed by atoms with van der Waals surface area (Å²) in [5.41, 5.74) is 10.4. The van der Waals surface area contributed by atoms with E-state index in [0.717, 1.165) is 28.1 Å². The zero-order valence-corrected chi connectivity index (χ0v) is 23.0. The summed E-state index contributed by atoms with van der Waals surface area (Å²) in [4.78, 5) is 32.0. The SMILES string of the molecule is Cc1cnncc1C1C=C(NCCC[C@@H](Cc2ccc(Cl)nc2)C(=O)N2C(=O)OC[C@H]2Cc2ccccc2)NN1. The Morgan fingerprint density at radius 1 is 1.15 bits per heavy atom. The van der Waals surface area contributed by atoms with Crippen LogP contribution in [0.25, 0.3) is 0 Å². The van der Waals surface area contributed by atoms with Crippen molar-refractivity contribution in [2.75, 3.05) is 13.2 Å². The summed E-state index contributed by atoms with van der Waals surface area (Å²) in [6, 6.07) is 13.0. The lowest BCUT2D eigenvalue weighted by Crippen LogP contribution is -2.44. The smallest absolute Gasteiger partial charge is 0.416 e. The Bertz CT molecular complexity index is 1350. The first-order chi connectivity index (χ1) is 19.5. The van der Waals surface area contributed by atoms with Gasteiger partial charge in [0.2, 0.25) is 5.91 Å². The zero-order valence-electron chi connectivity index (χ0n) is 22.2. The summed E-state index contributed by atoms with van der Waals surface area (Å²) < 4.78 is 5.33. The molecule has 11 heteroatoms. The van der Waals surface area contributed by atoms with Gasteiger partial charge in [-0.3, -0.25) is 4.79 Å². The molecule has 2 aliphatic rings. The van der Waals surface area contributed by atoms with E-state index in [-0.39, 0.29) is 24.6 Å². The average molecular weight is 562 g/mol. The van der Waals surface area contributed by atoms with Gasteiger partial charge in [-0.05, 0) is 67.0 Å². The Morgan fingerprint density at radius 3 is 2.75 bits per heavy atom. The molecule has 10 nitrogen and oxygen atoms in total. The lowest BCUT2D eigenvalue weighted by atomic mass is 9.93. The number of pyridine rings is 1. The van der Waals surface area contributed by atoms with E-state index < -0.39 is 12.0 Å². The van der Waals surface area contributed by atoms with Gasteiger partial charge in [0.25, 0.3) is 0 Å². The number of cyclic esters (lactones) is 1. The number of imide groups is 1. The van der Waals surface area contributed by atoms with Crippen molar-refractivity contribution in [2.24, 2.45) is 5.92 Å². The predicted molar refractivity (Wildman–Crippen MR) is 150 cm³/mol. The summed E-state index contributed by atoms with van der Waals surface area (Å²) in [5, 5.41) is 11.7. The number of nitrogens with one attached hydrogen (secondary N) is 3. The molecule has 1 saturated heterocycles. The van der Waals surface area contributed by atoms with Gasteiger partial charge in [-0.1, -0.05) is 48.0 Å². The quantitative estimate of drug-likeness (QED) is 0.238. The second kappa shape index (κ2) is 12.9. The Kier molecular flexibility index (Phi) is 8.87. The van der Waals surface area contributed by atoms with Crippen molar-refractivity contribution in [3.8, 4) is 0 Å². The molecular formula is C29H32ClN7O3. The Hall–Kier alpha value is -4.02. The van der Waals surface area contributed by atoms with Gasteiger partial charge in [0.1, 0.15) is 17.6 Å². The van der Waals surface area contributed by atoms with Crippen LogP contribution in [0, 0.1) is 12.8 Å². The van der Waals surface area contributed by atoms with Crippen LogP contribution in [0.1, 0.15) is 41.1 Å². The minimum atomic E-state index is -0.582. The Labute approximate surface area is 238 Å². The van der Waals surface area contributed by atoms with Crippen LogP contribution >= 0.6 is 11.6 Å². The van der Waals surface area contributed by atoms with Crippen LogP contribution in [-0.4, -0.2) is 51.3 Å². The fourth-order valence-corrected chi connectivity index (χ4v) is 5.17. The number of benzene rings is 1. The van der Waals surface area contributed by atoms with Gasteiger partial charge in [-0.2, -0.15) is 10.2 Å². The van der Waals surface area contributed by atoms with E-state index in [1.165, 1.54) is 4.90 Å². The maximum atomic E-state index is 13.8. The molecule has 1 aromatic carbocycles. The molecule has 0 radical (unpaired) electrons. The molecule has 3 aromatic rings. The molecule has 3 atom stereocenters. The van der Waals surface area contributed by atoms with Crippen LogP contribution in [0.5, 0.6) is 0 Å². The molecule has 1 fully saturated rings. The number of carbonyl (C=O) groups excluding carboxylic acids is 2. The standard InChI is InChI=1S/C29H32ClN7O3/c1-19-15-33-34-17-24(19)25-14-27(36-35-25)31-11-5-8-22(12-21-9-10-26(30)32-16-21)28(38)37-23(18-40-29(37)39)13-20-6-3-2-4-7-20/h2-4,6-7,9-10,14-17,22-23,25,31,35-36H,5,8,11-13,18H2,1H3/t22-,23+,25?/m0/s1. The van der Waals surface area contributed by atoms with Gasteiger partial charge < -0.3 is 15.5 Å². The van der Waals surface area contributed by atoms with E-state index >= 15 is 0 Å². The largest absolute Gasteiger partial charge is 0.447 e. The summed E-state index contributed by atoms with van der Waals surface area (Å²) in [6.45, 7) is 2.83. The highest BCUT2D eigenvalue weighted by atomic mass is 35.5. The van der Waals surface area contributed by atoms with Crippen LogP contribution in [0.3, 0.4) is 0 Å². The highest BCUT2D eigenvalue weighted by Crippen LogP contribution is 2.25. The molecule has 0 aliphatic carbocycles. The molecular weight excluding hydrogens is 530 g/mol. The molecule has 1 unspecified atom stereocenters. The molecule has 2 aromatic heterocycles. The number of hydrogen-bond acceptors (Lipinski definition) is 9. The van der Waals surface area contributed by atoms with Crippen molar-refractivity contribution in [3.63, 3.8) is 0 Å². The number of halogens is 1. The van der Waals surface area contributed by atoms with Gasteiger partial charge in [0.05, 0.1) is 24.5 Å². The summed E-state index contributed by atoms with van der Waals surface area (Å²) >= 11 is 5.97. The second-order valence-electron chi connectivity index (χ2n) is 10.0. The first kappa shape index (κ1) is 27.5. The van der Waals surface area contributed by atoms with Crippen molar-refractivity contribution in [2.45, 2.75) is 44.7 Å². The number of nitrogens with zero attached hydrogens (tertiary/aromatic N) is 4. The van der Waals surface area contributed by atoms with Crippen LogP contribution in [0.2, 0.25) is 5.15 Å². The van der Waals surface area contributed by atoms with Crippen molar-refractivity contribution < 1.29 is 14.3 Å². The topological polar surface area (TPSA) is 121 Å². The molecule has 4 heterocycles. The Balaban J connectivity index is 1.23. The first-order valence-corrected chi connectivity index (χ1v) is 13.7. The average Bonchev–Trinajstić information content (AvgIpc) is 3.58. The minimum absolute atomic E-state index is 0.0209. The highest BCUT2D eigenvalue weighted by molar-refractivity contribution is 6.29. The molecule has 0 bridgehead atoms. The van der Waals surface area contributed by atoms with E-state index in [1.54, 1.807) is 24.7 Å². The third-order valence-corrected chi connectivity index (χ3v) is 7.40. The maximum absolute atomic E-state index is 13.8. The maximum Gasteiger partial charge on any atom is 0.416 e. The number of hydrazine groups is 1. The van der Waals surface area contributed by atoms with E-state index in [4.69, 9.17) is 16.3 Å². The van der Waals surface area contributed by atoms with Gasteiger partial charge >= 0.3 is 6.09 Å². The Morgan fingerprint density at radius 2 is 1.98 bits per heavy atom. The molecule has 0 spiro atoms. The summed E-state index contributed by atoms with van der Waals surface area (Å²) in [6.07, 6.45) is 8.94. The first-order valence-electron chi connectivity index (χ1n) is 13.4. The molecule has 0 saturated carbocycles. The van der Waals surface area contributed by atoms with Crippen molar-refractivity contribution >= 4 is 23.6 Å². The lowest BCUT2D eigenvalue weighted by Gasteiger charge is -2.25. The molecule has 40 heavy (non-hydrogen) atoms. The number of hydrogen-bond donors (Lipinski definition) is 3. The number of aromatic nitrogens is 3. The molecule has 208 valence electrons. The van der Waals surface area contributed by atoms with Gasteiger partial charge in [-0.25, -0.2) is 20.1 Å². The van der Waals surface area contributed by atoms with Crippen LogP contribution < -0.4 is 16.2 Å². The van der Waals surface area contributed by atoms with E-state index in [9.17, 15) is 9.59 Å². The predicted octanol–water partition coefficient (Wildman–Crippen LogP) is 3.64. The third kappa shape index (κ3) is 6.75. The second-order valence-corrected chi connectivity index (χ2v) is 10.4. The van der Waals surface area contributed by atoms with Crippen molar-refractivity contribution in [3.05, 3.63) is 100 Å². The molecule has 5 rings (SSSR count). The monoisotopic (exact) mass is 561 g/mol. The summed E-state index contributed by atoms with van der Waals surface area (Å²) in [5.74, 6) is 0.214. The molecule has 2 amide bonds.